The maximum absolute atomic E-state index is 11.1. The lowest BCUT2D eigenvalue weighted by Crippen LogP contribution is -2.16. The average molecular weight is 221 g/mol. The molecule has 0 fully saturated rings. The van der Waals surface area contributed by atoms with Gasteiger partial charge in [-0.2, -0.15) is 0 Å². The van der Waals surface area contributed by atoms with Crippen molar-refractivity contribution in [1.82, 2.24) is 0 Å². The molecule has 0 saturated heterocycles. The number of hydrogen-bond donors (Lipinski definition) is 1. The Morgan fingerprint density at radius 1 is 1.77 bits per heavy atom. The Kier molecular flexibility index (Phi) is 3.71. The summed E-state index contributed by atoms with van der Waals surface area (Å²) >= 11 is 6.96. The summed E-state index contributed by atoms with van der Waals surface area (Å²) < 4.78 is 5.13. The first kappa shape index (κ1) is 10.5. The zero-order valence-corrected chi connectivity index (χ0v) is 8.56. The molecule has 1 atom stereocenters. The van der Waals surface area contributed by atoms with Crippen LogP contribution in [-0.4, -0.2) is 24.8 Å². The maximum Gasteiger partial charge on any atom is 0.316 e. The number of ether oxygens (including phenoxy) is 1. The van der Waals surface area contributed by atoms with Gasteiger partial charge in [-0.05, 0) is 12.1 Å². The molecule has 0 aromatic carbocycles. The van der Waals surface area contributed by atoms with Gasteiger partial charge in [0.1, 0.15) is 5.92 Å². The van der Waals surface area contributed by atoms with Crippen LogP contribution in [0.2, 0.25) is 4.34 Å². The van der Waals surface area contributed by atoms with Crippen molar-refractivity contribution in [1.29, 1.82) is 0 Å². The number of halogens is 1. The number of aliphatic hydroxyl groups excluding tert-OH is 1. The van der Waals surface area contributed by atoms with Crippen LogP contribution in [0, 0.1) is 0 Å². The molecule has 0 aliphatic heterocycles. The quantitative estimate of drug-likeness (QED) is 0.788. The summed E-state index contributed by atoms with van der Waals surface area (Å²) in [6.45, 7) is -0.260. The first-order chi connectivity index (χ1) is 6.19. The SMILES string of the molecule is COC(=O)C(CO)c1ccc(Cl)s1. The standard InChI is InChI=1S/C8H9ClO3S/c1-12-8(11)5(4-10)6-2-3-7(9)13-6/h2-3,5,10H,4H2,1H3. The average Bonchev–Trinajstić information content (AvgIpc) is 2.53. The van der Waals surface area contributed by atoms with Crippen molar-refractivity contribution in [2.75, 3.05) is 13.7 Å². The lowest BCUT2D eigenvalue weighted by molar-refractivity contribution is -0.143. The van der Waals surface area contributed by atoms with Gasteiger partial charge in [0.25, 0.3) is 0 Å². The first-order valence-corrected chi connectivity index (χ1v) is 4.82. The lowest BCUT2D eigenvalue weighted by Gasteiger charge is -2.08. The molecule has 1 heterocycles. The maximum atomic E-state index is 11.1. The highest BCUT2D eigenvalue weighted by Crippen LogP contribution is 2.28. The summed E-state index contributed by atoms with van der Waals surface area (Å²) in [6.07, 6.45) is 0. The van der Waals surface area contributed by atoms with Crippen molar-refractivity contribution in [2.24, 2.45) is 0 Å². The lowest BCUT2D eigenvalue weighted by atomic mass is 10.1. The van der Waals surface area contributed by atoms with Gasteiger partial charge in [-0.25, -0.2) is 0 Å². The highest BCUT2D eigenvalue weighted by Gasteiger charge is 2.21. The molecule has 0 amide bonds. The van der Waals surface area contributed by atoms with Crippen LogP contribution in [-0.2, 0) is 9.53 Å². The molecule has 1 aromatic rings. The van der Waals surface area contributed by atoms with E-state index in [2.05, 4.69) is 4.74 Å². The second-order valence-corrected chi connectivity index (χ2v) is 4.15. The van der Waals surface area contributed by atoms with E-state index in [1.165, 1.54) is 18.4 Å². The number of thiophene rings is 1. The Morgan fingerprint density at radius 3 is 2.85 bits per heavy atom. The normalized spacial score (nSPS) is 12.5. The molecule has 0 aliphatic rings. The number of aliphatic hydroxyl groups is 1. The summed E-state index contributed by atoms with van der Waals surface area (Å²) in [4.78, 5) is 11.9. The second-order valence-electron chi connectivity index (χ2n) is 2.40. The van der Waals surface area contributed by atoms with Gasteiger partial charge < -0.3 is 9.84 Å². The van der Waals surface area contributed by atoms with Crippen molar-refractivity contribution in [2.45, 2.75) is 5.92 Å². The zero-order valence-electron chi connectivity index (χ0n) is 6.99. The van der Waals surface area contributed by atoms with E-state index in [0.717, 1.165) is 4.88 Å². The predicted molar refractivity (Wildman–Crippen MR) is 51.2 cm³/mol. The summed E-state index contributed by atoms with van der Waals surface area (Å²) in [5, 5.41) is 8.95. The molecule has 1 N–H and O–H groups in total. The van der Waals surface area contributed by atoms with Gasteiger partial charge in [-0.3, -0.25) is 4.79 Å². The third-order valence-electron chi connectivity index (χ3n) is 1.61. The van der Waals surface area contributed by atoms with E-state index in [-0.39, 0.29) is 6.61 Å². The van der Waals surface area contributed by atoms with Gasteiger partial charge in [0.15, 0.2) is 0 Å². The van der Waals surface area contributed by atoms with Crippen LogP contribution in [0.3, 0.4) is 0 Å². The van der Waals surface area contributed by atoms with Crippen molar-refractivity contribution >= 4 is 28.9 Å². The number of methoxy groups -OCH3 is 1. The van der Waals surface area contributed by atoms with Gasteiger partial charge in [-0.1, -0.05) is 11.6 Å². The van der Waals surface area contributed by atoms with E-state index < -0.39 is 11.9 Å². The molecule has 1 rings (SSSR count). The van der Waals surface area contributed by atoms with E-state index in [4.69, 9.17) is 16.7 Å². The Hall–Kier alpha value is -0.580. The Labute approximate surface area is 84.9 Å². The fraction of sp³-hybridized carbons (Fsp3) is 0.375. The Morgan fingerprint density at radius 2 is 2.46 bits per heavy atom. The largest absolute Gasteiger partial charge is 0.468 e. The van der Waals surface area contributed by atoms with Gasteiger partial charge in [0.2, 0.25) is 0 Å². The molecule has 13 heavy (non-hydrogen) atoms. The molecular weight excluding hydrogens is 212 g/mol. The fourth-order valence-corrected chi connectivity index (χ4v) is 2.08. The third kappa shape index (κ3) is 2.43. The summed E-state index contributed by atoms with van der Waals surface area (Å²) in [7, 11) is 1.29. The van der Waals surface area contributed by atoms with Crippen molar-refractivity contribution in [3.63, 3.8) is 0 Å². The van der Waals surface area contributed by atoms with E-state index in [9.17, 15) is 4.79 Å². The number of esters is 1. The highest BCUT2D eigenvalue weighted by molar-refractivity contribution is 7.16. The first-order valence-electron chi connectivity index (χ1n) is 3.63. The number of carbonyl (C=O) groups is 1. The van der Waals surface area contributed by atoms with E-state index in [1.54, 1.807) is 12.1 Å². The van der Waals surface area contributed by atoms with Crippen LogP contribution in [0.5, 0.6) is 0 Å². The monoisotopic (exact) mass is 220 g/mol. The number of hydrogen-bond acceptors (Lipinski definition) is 4. The van der Waals surface area contributed by atoms with Gasteiger partial charge in [0.05, 0.1) is 18.1 Å². The Bertz CT molecular complexity index is 297. The summed E-state index contributed by atoms with van der Waals surface area (Å²) in [5.74, 6) is -1.05. The topological polar surface area (TPSA) is 46.5 Å². The number of carbonyl (C=O) groups excluding carboxylic acids is 1. The zero-order chi connectivity index (χ0) is 9.84. The van der Waals surface area contributed by atoms with E-state index in [0.29, 0.717) is 4.34 Å². The van der Waals surface area contributed by atoms with Crippen LogP contribution in [0.25, 0.3) is 0 Å². The molecule has 1 unspecified atom stereocenters. The van der Waals surface area contributed by atoms with Crippen molar-refractivity contribution < 1.29 is 14.6 Å². The van der Waals surface area contributed by atoms with Gasteiger partial charge in [-0.15, -0.1) is 11.3 Å². The van der Waals surface area contributed by atoms with Gasteiger partial charge in [0, 0.05) is 4.88 Å². The second kappa shape index (κ2) is 4.60. The van der Waals surface area contributed by atoms with Crippen molar-refractivity contribution in [3.05, 3.63) is 21.3 Å². The van der Waals surface area contributed by atoms with E-state index >= 15 is 0 Å². The molecular formula is C8H9ClO3S. The minimum Gasteiger partial charge on any atom is -0.468 e. The number of rotatable bonds is 3. The molecule has 72 valence electrons. The van der Waals surface area contributed by atoms with Gasteiger partial charge >= 0.3 is 5.97 Å². The van der Waals surface area contributed by atoms with Crippen LogP contribution in [0.15, 0.2) is 12.1 Å². The fourth-order valence-electron chi connectivity index (χ4n) is 0.938. The summed E-state index contributed by atoms with van der Waals surface area (Å²) in [5.41, 5.74) is 0. The Balaban J connectivity index is 2.84. The molecule has 0 aliphatic carbocycles. The van der Waals surface area contributed by atoms with Crippen LogP contribution < -0.4 is 0 Å². The molecule has 0 saturated carbocycles. The van der Waals surface area contributed by atoms with E-state index in [1.807, 2.05) is 0 Å². The minimum atomic E-state index is -0.609. The van der Waals surface area contributed by atoms with Crippen LogP contribution in [0.4, 0.5) is 0 Å². The molecule has 1 aromatic heterocycles. The van der Waals surface area contributed by atoms with Crippen molar-refractivity contribution in [3.8, 4) is 0 Å². The minimum absolute atomic E-state index is 0.260. The third-order valence-corrected chi connectivity index (χ3v) is 2.95. The molecule has 3 nitrogen and oxygen atoms in total. The predicted octanol–water partition coefficient (Wildman–Crippen LogP) is 1.65. The molecule has 5 heteroatoms. The van der Waals surface area contributed by atoms with Crippen LogP contribution in [0.1, 0.15) is 10.8 Å². The summed E-state index contributed by atoms with van der Waals surface area (Å²) in [6, 6.07) is 3.40. The highest BCUT2D eigenvalue weighted by atomic mass is 35.5. The molecule has 0 spiro atoms. The molecule has 0 radical (unpaired) electrons. The smallest absolute Gasteiger partial charge is 0.316 e. The molecule has 0 bridgehead atoms. The van der Waals surface area contributed by atoms with Crippen LogP contribution >= 0.6 is 22.9 Å².